The van der Waals surface area contributed by atoms with Gasteiger partial charge in [-0.25, -0.2) is 0 Å². The van der Waals surface area contributed by atoms with Crippen molar-refractivity contribution in [3.8, 4) is 11.4 Å². The third kappa shape index (κ3) is 8.87. The molecule has 17 aromatic rings. The molecule has 0 radical (unpaired) electrons. The maximum absolute atomic E-state index is 2.52. The van der Waals surface area contributed by atoms with Crippen molar-refractivity contribution in [1.82, 2.24) is 9.13 Å². The lowest BCUT2D eigenvalue weighted by Gasteiger charge is -2.42. The van der Waals surface area contributed by atoms with E-state index in [-0.39, 0.29) is 10.8 Å². The molecule has 2 aliphatic rings. The van der Waals surface area contributed by atoms with Gasteiger partial charge in [0.15, 0.2) is 0 Å². The van der Waals surface area contributed by atoms with Gasteiger partial charge in [-0.2, -0.15) is 0 Å². The lowest BCUT2D eigenvalue weighted by molar-refractivity contribution is 0.633. The van der Waals surface area contributed by atoms with Gasteiger partial charge in [0.25, 0.3) is 0 Å². The summed E-state index contributed by atoms with van der Waals surface area (Å²) in [4.78, 5) is 9.70. The van der Waals surface area contributed by atoms with Gasteiger partial charge >= 0.3 is 0 Å². The van der Waals surface area contributed by atoms with Gasteiger partial charge in [0, 0.05) is 89.2 Å². The van der Waals surface area contributed by atoms with Crippen molar-refractivity contribution >= 4 is 133 Å². The van der Waals surface area contributed by atoms with E-state index in [1.165, 1.54) is 99.1 Å². The Hall–Kier alpha value is -12.4. The van der Waals surface area contributed by atoms with Gasteiger partial charge < -0.3 is 28.7 Å². The van der Waals surface area contributed by atoms with Gasteiger partial charge in [-0.15, -0.1) is 0 Å². The van der Waals surface area contributed by atoms with Gasteiger partial charge in [-0.1, -0.05) is 185 Å². The van der Waals surface area contributed by atoms with E-state index in [1.807, 2.05) is 0 Å². The van der Waals surface area contributed by atoms with Crippen molar-refractivity contribution in [3.63, 3.8) is 0 Å². The molecule has 2 aromatic heterocycles. The molecule has 2 aliphatic heterocycles. The Labute approximate surface area is 570 Å². The molecule has 0 atom stereocenters. The summed E-state index contributed by atoms with van der Waals surface area (Å²) in [6.45, 7) is 9.58. The van der Waals surface area contributed by atoms with Crippen molar-refractivity contribution in [3.05, 3.63) is 362 Å². The molecule has 0 aliphatic carbocycles. The summed E-state index contributed by atoms with van der Waals surface area (Å²) in [5, 5.41) is 9.70. The van der Waals surface area contributed by atoms with Crippen LogP contribution in [0.4, 0.5) is 68.2 Å². The fraction of sp³-hybridized carbons (Fsp3) is 0.0652. The molecule has 4 heterocycles. The van der Waals surface area contributed by atoms with E-state index in [9.17, 15) is 0 Å². The van der Waals surface area contributed by atoms with Crippen molar-refractivity contribution in [2.45, 2.75) is 38.5 Å². The number of nitrogens with zero attached hydrogens (tertiary/aromatic N) is 6. The fourth-order valence-corrected chi connectivity index (χ4v) is 16.4. The number of fused-ring (bicyclic) bond motifs is 12. The third-order valence-electron chi connectivity index (χ3n) is 21.1. The fourth-order valence-electron chi connectivity index (χ4n) is 16.4. The molecule has 0 spiro atoms. The zero-order valence-corrected chi connectivity index (χ0v) is 55.0. The van der Waals surface area contributed by atoms with Gasteiger partial charge in [0.05, 0.1) is 44.8 Å². The number of rotatable bonds is 10. The van der Waals surface area contributed by atoms with E-state index in [0.717, 1.165) is 67.9 Å². The SMILES string of the molecule is CC1(C)c2ccccc2N(c2ccc3cc4cc(N5c6ccccc6C(C)(C)c6cc7c8ccccc8n(-c8ccc(N(c9ccccc9)c9ccccc9)cc8)c7cc65)ccc4cc3c2)c2cc3c(cc21)c1ccccc1n3-c1ccc(N(c2ccccc2)c2ccccc2)cc1. The molecule has 19 rings (SSSR count). The Balaban J connectivity index is 0.721. The Morgan fingerprint density at radius 2 is 0.531 bits per heavy atom. The number of hydrogen-bond acceptors (Lipinski definition) is 4. The predicted molar refractivity (Wildman–Crippen MR) is 413 cm³/mol. The summed E-state index contributed by atoms with van der Waals surface area (Å²) in [7, 11) is 0. The summed E-state index contributed by atoms with van der Waals surface area (Å²) in [6, 6.07) is 125. The van der Waals surface area contributed by atoms with E-state index >= 15 is 0 Å². The minimum absolute atomic E-state index is 0.290. The monoisotopic (exact) mass is 1260 g/mol. The first-order valence-corrected chi connectivity index (χ1v) is 34.1. The molecule has 6 nitrogen and oxygen atoms in total. The van der Waals surface area contributed by atoms with Crippen molar-refractivity contribution < 1.29 is 0 Å². The first-order valence-electron chi connectivity index (χ1n) is 34.1. The van der Waals surface area contributed by atoms with Crippen LogP contribution in [0.3, 0.4) is 0 Å². The number of anilines is 12. The molecule has 0 saturated heterocycles. The molecule has 0 unspecified atom stereocenters. The van der Waals surface area contributed by atoms with Crippen LogP contribution < -0.4 is 19.6 Å². The number of hydrogen-bond donors (Lipinski definition) is 0. The van der Waals surface area contributed by atoms with Gasteiger partial charge in [-0.05, 0) is 226 Å². The highest BCUT2D eigenvalue weighted by Gasteiger charge is 2.40. The van der Waals surface area contributed by atoms with Crippen molar-refractivity contribution in [1.29, 1.82) is 0 Å². The molecule has 15 aromatic carbocycles. The van der Waals surface area contributed by atoms with Crippen LogP contribution in [0, 0.1) is 0 Å². The highest BCUT2D eigenvalue weighted by atomic mass is 15.2. The Bertz CT molecular complexity index is 5540. The molecule has 466 valence electrons. The summed E-state index contributed by atoms with van der Waals surface area (Å²) in [5.41, 5.74) is 25.1. The van der Waals surface area contributed by atoms with Crippen LogP contribution in [0.5, 0.6) is 0 Å². The highest BCUT2D eigenvalue weighted by molar-refractivity contribution is 6.14. The maximum atomic E-state index is 2.52. The van der Waals surface area contributed by atoms with Crippen LogP contribution in [0.25, 0.3) is 76.5 Å². The zero-order chi connectivity index (χ0) is 65.4. The van der Waals surface area contributed by atoms with Crippen LogP contribution >= 0.6 is 0 Å². The molecule has 98 heavy (non-hydrogen) atoms. The third-order valence-corrected chi connectivity index (χ3v) is 21.1. The van der Waals surface area contributed by atoms with E-state index in [1.54, 1.807) is 0 Å². The van der Waals surface area contributed by atoms with Gasteiger partial charge in [0.1, 0.15) is 0 Å². The van der Waals surface area contributed by atoms with Crippen LogP contribution in [-0.4, -0.2) is 9.13 Å². The van der Waals surface area contributed by atoms with Crippen LogP contribution in [0.2, 0.25) is 0 Å². The van der Waals surface area contributed by atoms with Gasteiger partial charge in [-0.3, -0.25) is 0 Å². The van der Waals surface area contributed by atoms with Crippen LogP contribution in [0.1, 0.15) is 49.9 Å². The Kier molecular flexibility index (Phi) is 12.9. The molecule has 0 fully saturated rings. The maximum Gasteiger partial charge on any atom is 0.0562 e. The molecular formula is C92H68N6. The quantitative estimate of drug-likeness (QED) is 0.127. The van der Waals surface area contributed by atoms with Crippen molar-refractivity contribution in [2.24, 2.45) is 0 Å². The molecule has 0 amide bonds. The summed E-state index contributed by atoms with van der Waals surface area (Å²) < 4.78 is 4.93. The molecule has 0 saturated carbocycles. The second-order valence-corrected chi connectivity index (χ2v) is 27.4. The summed E-state index contributed by atoms with van der Waals surface area (Å²) in [6.07, 6.45) is 0. The minimum Gasteiger partial charge on any atom is -0.311 e. The molecule has 6 heteroatoms. The second kappa shape index (κ2) is 22.1. The number of benzene rings is 15. The first-order chi connectivity index (χ1) is 48.1. The first kappa shape index (κ1) is 57.1. The van der Waals surface area contributed by atoms with Crippen molar-refractivity contribution in [2.75, 3.05) is 19.6 Å². The lowest BCUT2D eigenvalue weighted by Crippen LogP contribution is -2.30. The van der Waals surface area contributed by atoms with Crippen LogP contribution in [-0.2, 0) is 10.8 Å². The number of para-hydroxylation sites is 8. The summed E-state index contributed by atoms with van der Waals surface area (Å²) in [5.74, 6) is 0. The zero-order valence-electron chi connectivity index (χ0n) is 55.0. The van der Waals surface area contributed by atoms with Gasteiger partial charge in [0.2, 0.25) is 0 Å². The van der Waals surface area contributed by atoms with E-state index in [4.69, 9.17) is 0 Å². The van der Waals surface area contributed by atoms with E-state index < -0.39 is 0 Å². The Morgan fingerprint density at radius 1 is 0.214 bits per heavy atom. The largest absolute Gasteiger partial charge is 0.311 e. The second-order valence-electron chi connectivity index (χ2n) is 27.4. The molecule has 0 N–H and O–H groups in total. The molecular weight excluding hydrogens is 1190 g/mol. The Morgan fingerprint density at radius 3 is 0.908 bits per heavy atom. The minimum atomic E-state index is -0.290. The lowest BCUT2D eigenvalue weighted by atomic mass is 9.73. The van der Waals surface area contributed by atoms with E-state index in [0.29, 0.717) is 0 Å². The number of aromatic nitrogens is 2. The predicted octanol–water partition coefficient (Wildman–Crippen LogP) is 25.3. The standard InChI is InChI=1S/C92H68N6/c1-91(2)79-35-19-23-39-85(79)97(89-59-87-77(57-81(89)91)75-33-17-21-37-83(75)95(87)71-49-45-69(46-50-71)93(65-25-9-5-10-26-65)66-27-11-6-12-28-66)73-43-41-61-54-64-56-74(44-42-62(64)53-63(61)55-73)98-86-40-24-20-36-80(86)92(3,4)82-58-78-76-34-18-22-38-84(76)96(88(78)60-90(82)98)72-51-47-70(48-52-72)94(67-29-13-7-14-30-67)68-31-15-8-16-32-68/h5-60H,1-4H3. The topological polar surface area (TPSA) is 22.8 Å². The average Bonchev–Trinajstić information content (AvgIpc) is 1.06. The highest BCUT2D eigenvalue weighted by Crippen LogP contribution is 2.57. The normalized spacial score (nSPS) is 13.6. The molecule has 0 bridgehead atoms. The average molecular weight is 1260 g/mol. The van der Waals surface area contributed by atoms with E-state index in [2.05, 4.69) is 396 Å². The van der Waals surface area contributed by atoms with Crippen LogP contribution in [0.15, 0.2) is 340 Å². The smallest absolute Gasteiger partial charge is 0.0562 e. The summed E-state index contributed by atoms with van der Waals surface area (Å²) >= 11 is 0.